The van der Waals surface area contributed by atoms with Gasteiger partial charge in [-0.05, 0) is 36.4 Å². The maximum absolute atomic E-state index is 12.7. The quantitative estimate of drug-likeness (QED) is 0.597. The number of benzene rings is 2. The van der Waals surface area contributed by atoms with Gasteiger partial charge < -0.3 is 14.6 Å². The van der Waals surface area contributed by atoms with Gasteiger partial charge in [-0.25, -0.2) is 4.79 Å². The molecular weight excluding hydrogens is 356 g/mol. The Kier molecular flexibility index (Phi) is 3.68. The first-order valence-electron chi connectivity index (χ1n) is 9.08. The molecule has 0 aliphatic carbocycles. The Labute approximate surface area is 160 Å². The van der Waals surface area contributed by atoms with Crippen molar-refractivity contribution >= 4 is 27.8 Å². The standard InChI is InChI=1S/C21H18N4O3/c1-24-19-7-5-14(9-18(19)23-21(24)27)20(26)25-11-16(12-25)28-15-6-4-13-3-2-8-22-17(13)10-15/h2-10,16H,11-12H2,1H3,(H,23,27). The van der Waals surface area contributed by atoms with Crippen molar-refractivity contribution in [2.45, 2.75) is 6.10 Å². The van der Waals surface area contributed by atoms with Crippen LogP contribution in [0.15, 0.2) is 59.5 Å². The molecule has 4 aromatic rings. The lowest BCUT2D eigenvalue weighted by molar-refractivity contribution is 0.0178. The summed E-state index contributed by atoms with van der Waals surface area (Å²) in [5, 5.41) is 1.06. The van der Waals surface area contributed by atoms with Gasteiger partial charge in [0.05, 0.1) is 29.6 Å². The number of aromatic nitrogens is 3. The molecule has 0 spiro atoms. The van der Waals surface area contributed by atoms with Crippen LogP contribution in [-0.4, -0.2) is 44.5 Å². The summed E-state index contributed by atoms with van der Waals surface area (Å²) in [4.78, 5) is 33.2. The van der Waals surface area contributed by atoms with Gasteiger partial charge in [0.1, 0.15) is 11.9 Å². The first kappa shape index (κ1) is 16.6. The van der Waals surface area contributed by atoms with E-state index in [1.165, 1.54) is 4.57 Å². The van der Waals surface area contributed by atoms with Crippen LogP contribution in [0.3, 0.4) is 0 Å². The van der Waals surface area contributed by atoms with Crippen molar-refractivity contribution in [3.8, 4) is 5.75 Å². The molecule has 7 nitrogen and oxygen atoms in total. The number of hydrogen-bond donors (Lipinski definition) is 1. The van der Waals surface area contributed by atoms with Gasteiger partial charge in [-0.2, -0.15) is 0 Å². The van der Waals surface area contributed by atoms with E-state index >= 15 is 0 Å². The molecule has 1 fully saturated rings. The molecule has 1 aliphatic heterocycles. The zero-order valence-corrected chi connectivity index (χ0v) is 15.3. The van der Waals surface area contributed by atoms with E-state index < -0.39 is 0 Å². The number of carbonyl (C=O) groups excluding carboxylic acids is 1. The number of likely N-dealkylation sites (tertiary alicyclic amines) is 1. The fraction of sp³-hybridized carbons (Fsp3) is 0.190. The summed E-state index contributed by atoms with van der Waals surface area (Å²) in [6.07, 6.45) is 1.72. The number of rotatable bonds is 3. The summed E-state index contributed by atoms with van der Waals surface area (Å²) >= 11 is 0. The summed E-state index contributed by atoms with van der Waals surface area (Å²) in [6, 6.07) is 15.0. The average molecular weight is 374 g/mol. The third kappa shape index (κ3) is 2.72. The van der Waals surface area contributed by atoms with Gasteiger partial charge in [-0.3, -0.25) is 14.3 Å². The van der Waals surface area contributed by atoms with E-state index in [2.05, 4.69) is 9.97 Å². The fourth-order valence-corrected chi connectivity index (χ4v) is 3.54. The van der Waals surface area contributed by atoms with Crippen LogP contribution >= 0.6 is 0 Å². The van der Waals surface area contributed by atoms with Crippen LogP contribution in [0, 0.1) is 0 Å². The average Bonchev–Trinajstić information content (AvgIpc) is 2.97. The summed E-state index contributed by atoms with van der Waals surface area (Å²) < 4.78 is 7.50. The van der Waals surface area contributed by atoms with Crippen molar-refractivity contribution in [3.05, 3.63) is 70.8 Å². The van der Waals surface area contributed by atoms with E-state index in [0.717, 1.165) is 22.2 Å². The third-order valence-electron chi connectivity index (χ3n) is 5.17. The summed E-state index contributed by atoms with van der Waals surface area (Å²) in [6.45, 7) is 1.06. The molecule has 2 aromatic heterocycles. The van der Waals surface area contributed by atoms with Gasteiger partial charge in [-0.1, -0.05) is 6.07 Å². The lowest BCUT2D eigenvalue weighted by atomic mass is 10.1. The highest BCUT2D eigenvalue weighted by Gasteiger charge is 2.33. The number of amides is 1. The topological polar surface area (TPSA) is 80.2 Å². The molecule has 0 atom stereocenters. The number of hydrogen-bond acceptors (Lipinski definition) is 4. The zero-order valence-electron chi connectivity index (χ0n) is 15.3. The van der Waals surface area contributed by atoms with Gasteiger partial charge in [0.15, 0.2) is 0 Å². The zero-order chi connectivity index (χ0) is 19.3. The summed E-state index contributed by atoms with van der Waals surface area (Å²) in [5.74, 6) is 0.693. The molecule has 140 valence electrons. The van der Waals surface area contributed by atoms with Crippen molar-refractivity contribution < 1.29 is 9.53 Å². The molecule has 28 heavy (non-hydrogen) atoms. The van der Waals surface area contributed by atoms with Gasteiger partial charge in [-0.15, -0.1) is 0 Å². The molecule has 0 unspecified atom stereocenters. The van der Waals surface area contributed by atoms with E-state index in [1.54, 1.807) is 36.3 Å². The molecular formula is C21H18N4O3. The first-order valence-corrected chi connectivity index (χ1v) is 9.08. The Bertz CT molecular complexity index is 1270. The molecule has 5 rings (SSSR count). The van der Waals surface area contributed by atoms with Gasteiger partial charge in [0.2, 0.25) is 0 Å². The molecule has 0 bridgehead atoms. The lowest BCUT2D eigenvalue weighted by Crippen LogP contribution is -2.56. The Morgan fingerprint density at radius 2 is 2.04 bits per heavy atom. The summed E-state index contributed by atoms with van der Waals surface area (Å²) in [5.41, 5.74) is 2.69. The van der Waals surface area contributed by atoms with Crippen molar-refractivity contribution in [2.24, 2.45) is 7.05 Å². The van der Waals surface area contributed by atoms with E-state index in [-0.39, 0.29) is 17.7 Å². The second-order valence-electron chi connectivity index (χ2n) is 7.03. The third-order valence-corrected chi connectivity index (χ3v) is 5.17. The van der Waals surface area contributed by atoms with Gasteiger partial charge >= 0.3 is 5.69 Å². The molecule has 1 amide bonds. The molecule has 0 saturated carbocycles. The Morgan fingerprint density at radius 1 is 1.18 bits per heavy atom. The highest BCUT2D eigenvalue weighted by molar-refractivity contribution is 5.97. The van der Waals surface area contributed by atoms with E-state index in [9.17, 15) is 9.59 Å². The Hall–Kier alpha value is -3.61. The van der Waals surface area contributed by atoms with Gasteiger partial charge in [0.25, 0.3) is 5.91 Å². The molecule has 1 N–H and O–H groups in total. The first-order chi connectivity index (χ1) is 13.6. The van der Waals surface area contributed by atoms with Crippen molar-refractivity contribution in [2.75, 3.05) is 13.1 Å². The minimum absolute atomic E-state index is 0.0367. The molecule has 2 aromatic carbocycles. The lowest BCUT2D eigenvalue weighted by Gasteiger charge is -2.39. The maximum Gasteiger partial charge on any atom is 0.326 e. The number of fused-ring (bicyclic) bond motifs is 2. The predicted octanol–water partition coefficient (Wildman–Crippen LogP) is 2.32. The number of imidazole rings is 1. The number of nitrogens with one attached hydrogen (secondary N) is 1. The van der Waals surface area contributed by atoms with Crippen LogP contribution in [0.4, 0.5) is 0 Å². The Balaban J connectivity index is 1.27. The number of aryl methyl sites for hydroxylation is 1. The van der Waals surface area contributed by atoms with Crippen molar-refractivity contribution in [1.29, 1.82) is 0 Å². The number of ether oxygens (including phenoxy) is 1. The van der Waals surface area contributed by atoms with Crippen molar-refractivity contribution in [3.63, 3.8) is 0 Å². The van der Waals surface area contributed by atoms with E-state index in [4.69, 9.17) is 4.74 Å². The maximum atomic E-state index is 12.7. The highest BCUT2D eigenvalue weighted by Crippen LogP contribution is 2.24. The van der Waals surface area contributed by atoms with Crippen LogP contribution in [0.2, 0.25) is 0 Å². The number of carbonyl (C=O) groups is 1. The molecule has 3 heterocycles. The molecule has 1 aliphatic rings. The monoisotopic (exact) mass is 374 g/mol. The van der Waals surface area contributed by atoms with E-state index in [1.807, 2.05) is 30.3 Å². The molecule has 1 saturated heterocycles. The fourth-order valence-electron chi connectivity index (χ4n) is 3.54. The minimum Gasteiger partial charge on any atom is -0.487 e. The normalized spacial score (nSPS) is 14.4. The minimum atomic E-state index is -0.193. The number of H-pyrrole nitrogens is 1. The second-order valence-corrected chi connectivity index (χ2v) is 7.03. The van der Waals surface area contributed by atoms with Crippen LogP contribution in [0.1, 0.15) is 10.4 Å². The number of aromatic amines is 1. The summed E-state index contributed by atoms with van der Waals surface area (Å²) in [7, 11) is 1.70. The van der Waals surface area contributed by atoms with Crippen LogP contribution < -0.4 is 10.4 Å². The smallest absolute Gasteiger partial charge is 0.326 e. The SMILES string of the molecule is Cn1c(=O)[nH]c2cc(C(=O)N3CC(Oc4ccc5cccnc5c4)C3)ccc21. The molecule has 7 heteroatoms. The van der Waals surface area contributed by atoms with Gasteiger partial charge in [0, 0.05) is 30.3 Å². The van der Waals surface area contributed by atoms with Crippen molar-refractivity contribution in [1.82, 2.24) is 19.4 Å². The van der Waals surface area contributed by atoms with Crippen LogP contribution in [-0.2, 0) is 7.05 Å². The van der Waals surface area contributed by atoms with E-state index in [0.29, 0.717) is 24.2 Å². The number of pyridine rings is 1. The van der Waals surface area contributed by atoms with Crippen LogP contribution in [0.25, 0.3) is 21.9 Å². The molecule has 0 radical (unpaired) electrons. The van der Waals surface area contributed by atoms with Crippen LogP contribution in [0.5, 0.6) is 5.75 Å². The predicted molar refractivity (Wildman–Crippen MR) is 106 cm³/mol. The largest absolute Gasteiger partial charge is 0.487 e. The second kappa shape index (κ2) is 6.23. The Morgan fingerprint density at radius 3 is 2.89 bits per heavy atom. The highest BCUT2D eigenvalue weighted by atomic mass is 16.5. The number of nitrogens with zero attached hydrogens (tertiary/aromatic N) is 3.